The van der Waals surface area contributed by atoms with Gasteiger partial charge in [0, 0.05) is 0 Å². The zero-order chi connectivity index (χ0) is 25.8. The Labute approximate surface area is 220 Å². The van der Waals surface area contributed by atoms with Crippen LogP contribution in [0.4, 0.5) is 0 Å². The van der Waals surface area contributed by atoms with Crippen molar-refractivity contribution in [1.82, 2.24) is 0 Å². The van der Waals surface area contributed by atoms with Crippen molar-refractivity contribution in [2.45, 2.75) is 94.6 Å². The van der Waals surface area contributed by atoms with Gasteiger partial charge < -0.3 is 0 Å². The first-order valence-electron chi connectivity index (χ1n) is 13.0. The first kappa shape index (κ1) is 30.2. The van der Waals surface area contributed by atoms with Gasteiger partial charge in [-0.1, -0.05) is 0 Å². The molecule has 3 atom stereocenters. The molecule has 0 aliphatic rings. The van der Waals surface area contributed by atoms with Crippen LogP contribution in [-0.2, 0) is 15.8 Å². The van der Waals surface area contributed by atoms with Gasteiger partial charge in [0.25, 0.3) is 0 Å². The molecule has 0 saturated carbocycles. The Kier molecular flexibility index (Phi) is 13.2. The molecule has 196 valence electrons. The molecule has 2 rings (SSSR count). The van der Waals surface area contributed by atoms with Gasteiger partial charge in [-0.2, -0.15) is 0 Å². The summed E-state index contributed by atoms with van der Waals surface area (Å²) in [5.41, 5.74) is 2.69. The number of aliphatic hydroxyl groups is 2. The van der Waals surface area contributed by atoms with Crippen molar-refractivity contribution in [2.75, 3.05) is 13.2 Å². The molecule has 2 N–H and O–H groups in total. The summed E-state index contributed by atoms with van der Waals surface area (Å²) in [6, 6.07) is 20.3. The van der Waals surface area contributed by atoms with Crippen molar-refractivity contribution >= 4 is 27.7 Å². The van der Waals surface area contributed by atoms with E-state index in [2.05, 4.69) is 65.8 Å². The van der Waals surface area contributed by atoms with E-state index in [1.807, 2.05) is 36.4 Å². The monoisotopic (exact) mass is 566 g/mol. The first-order valence-corrected chi connectivity index (χ1v) is 17.0. The van der Waals surface area contributed by atoms with Crippen molar-refractivity contribution in [2.24, 2.45) is 0 Å². The maximum absolute atomic E-state index is 11.2. The third-order valence-corrected chi connectivity index (χ3v) is 15.9. The molecule has 0 saturated heterocycles. The van der Waals surface area contributed by atoms with Crippen molar-refractivity contribution < 1.29 is 19.4 Å². The topological polar surface area (TPSA) is 58.9 Å². The minimum absolute atomic E-state index is 0.0758. The fourth-order valence-corrected chi connectivity index (χ4v) is 13.1. The molecule has 0 radical (unpaired) electrons. The van der Waals surface area contributed by atoms with Gasteiger partial charge in [-0.05, 0) is 0 Å². The van der Waals surface area contributed by atoms with Gasteiger partial charge in [0.05, 0.1) is 0 Å². The Hall–Kier alpha value is -0.984. The molecule has 0 bridgehead atoms. The van der Waals surface area contributed by atoms with Gasteiger partial charge >= 0.3 is 221 Å². The van der Waals surface area contributed by atoms with Gasteiger partial charge in [-0.15, -0.1) is 0 Å². The summed E-state index contributed by atoms with van der Waals surface area (Å²) in [6.45, 7) is 15.2. The molecule has 0 fully saturated rings. The molecular weight excluding hydrogens is 519 g/mol. The molecular formula is C29H46O4SeSi. The van der Waals surface area contributed by atoms with E-state index in [1.165, 1.54) is 4.46 Å². The Balaban J connectivity index is 1.99. The van der Waals surface area contributed by atoms with Crippen LogP contribution in [0.5, 0.6) is 0 Å². The van der Waals surface area contributed by atoms with Crippen molar-refractivity contribution in [3.63, 3.8) is 0 Å². The summed E-state index contributed by atoms with van der Waals surface area (Å²) in [4.78, 5) is 0.0758. The number of hydrogen-bond donors (Lipinski definition) is 2. The molecule has 35 heavy (non-hydrogen) atoms. The van der Waals surface area contributed by atoms with Gasteiger partial charge in [0.1, 0.15) is 0 Å². The van der Waals surface area contributed by atoms with E-state index >= 15 is 0 Å². The van der Waals surface area contributed by atoms with Crippen LogP contribution < -0.4 is 4.46 Å². The van der Waals surface area contributed by atoms with Gasteiger partial charge in [-0.3, -0.25) is 0 Å². The molecule has 2 aromatic rings. The number of benzene rings is 2. The predicted molar refractivity (Wildman–Crippen MR) is 150 cm³/mol. The molecule has 0 spiro atoms. The molecule has 6 heteroatoms. The second-order valence-electron chi connectivity index (χ2n) is 10.4. The molecule has 2 aromatic carbocycles. The normalized spacial score (nSPS) is 15.1. The van der Waals surface area contributed by atoms with E-state index in [1.54, 1.807) is 0 Å². The van der Waals surface area contributed by atoms with E-state index in [4.69, 9.17) is 9.16 Å². The first-order chi connectivity index (χ1) is 16.7. The van der Waals surface area contributed by atoms with Crippen LogP contribution in [0, 0.1) is 0 Å². The summed E-state index contributed by atoms with van der Waals surface area (Å²) in [5, 5.41) is 21.8. The fraction of sp³-hybridized carbons (Fsp3) is 0.586. The van der Waals surface area contributed by atoms with Gasteiger partial charge in [0.15, 0.2) is 0 Å². The molecule has 4 nitrogen and oxygen atoms in total. The molecule has 0 aromatic heterocycles. The Bertz CT molecular complexity index is 794. The summed E-state index contributed by atoms with van der Waals surface area (Å²) < 4.78 is 13.8. The summed E-state index contributed by atoms with van der Waals surface area (Å²) in [7, 11) is -1.95. The van der Waals surface area contributed by atoms with Crippen LogP contribution >= 0.6 is 0 Å². The van der Waals surface area contributed by atoms with E-state index < -0.39 is 20.5 Å². The average molecular weight is 566 g/mol. The number of ether oxygens (including phenoxy) is 1. The third kappa shape index (κ3) is 9.44. The van der Waals surface area contributed by atoms with Crippen LogP contribution in [0.25, 0.3) is 0 Å². The van der Waals surface area contributed by atoms with E-state index in [-0.39, 0.29) is 26.4 Å². The third-order valence-electron chi connectivity index (χ3n) is 6.86. The van der Waals surface area contributed by atoms with Crippen LogP contribution in [0.1, 0.15) is 59.9 Å². The van der Waals surface area contributed by atoms with E-state index in [0.717, 1.165) is 12.0 Å². The van der Waals surface area contributed by atoms with Crippen LogP contribution in [-0.4, -0.2) is 58.9 Å². The zero-order valence-corrected chi connectivity index (χ0v) is 25.1. The Morgan fingerprint density at radius 1 is 0.800 bits per heavy atom. The number of aliphatic hydroxyl groups excluding tert-OH is 2. The second kappa shape index (κ2) is 15.3. The molecule has 0 amide bonds. The predicted octanol–water partition coefficient (Wildman–Crippen LogP) is 5.72. The maximum atomic E-state index is 11.2. The number of hydrogen-bond acceptors (Lipinski definition) is 4. The Morgan fingerprint density at radius 2 is 1.34 bits per heavy atom. The van der Waals surface area contributed by atoms with E-state index in [0.29, 0.717) is 36.3 Å². The van der Waals surface area contributed by atoms with Crippen molar-refractivity contribution in [3.05, 3.63) is 66.2 Å². The standard InChI is InChI=1S/C29H46O4SeSi/c1-22(2)35(23(3)4,24(5)6)33-18-17-29(34-27-15-11-8-12-16-27)28(31)19-26(30)21-32-20-25-13-9-7-10-14-25/h7-16,22-24,26,28-31H,17-21H2,1-6H3/t26-,28+,29+/m0/s1. The Morgan fingerprint density at radius 3 is 1.89 bits per heavy atom. The van der Waals surface area contributed by atoms with E-state index in [9.17, 15) is 10.2 Å². The zero-order valence-electron chi connectivity index (χ0n) is 22.4. The summed E-state index contributed by atoms with van der Waals surface area (Å²) in [5.74, 6) is 0. The average Bonchev–Trinajstić information content (AvgIpc) is 2.81. The van der Waals surface area contributed by atoms with Gasteiger partial charge in [-0.25, -0.2) is 0 Å². The van der Waals surface area contributed by atoms with Gasteiger partial charge in [0.2, 0.25) is 0 Å². The van der Waals surface area contributed by atoms with Crippen molar-refractivity contribution in [1.29, 1.82) is 0 Å². The van der Waals surface area contributed by atoms with Crippen molar-refractivity contribution in [3.8, 4) is 0 Å². The fourth-order valence-electron chi connectivity index (χ4n) is 5.24. The summed E-state index contributed by atoms with van der Waals surface area (Å²) in [6.07, 6.45) is -0.175. The quantitative estimate of drug-likeness (QED) is 0.256. The van der Waals surface area contributed by atoms with Crippen LogP contribution in [0.15, 0.2) is 60.7 Å². The molecule has 0 heterocycles. The SMILES string of the molecule is CC(C)[Si](OCC[C@@H]([Se]c1ccccc1)[C@H](O)C[C@H](O)COCc1ccccc1)(C(C)C)C(C)C. The minimum atomic E-state index is -1.95. The van der Waals surface area contributed by atoms with Crippen LogP contribution in [0.3, 0.4) is 0 Å². The second-order valence-corrected chi connectivity index (χ2v) is 18.6. The molecule has 0 unspecified atom stereocenters. The van der Waals surface area contributed by atoms with Crippen LogP contribution in [0.2, 0.25) is 21.4 Å². The molecule has 0 aliphatic heterocycles. The molecule has 0 aliphatic carbocycles. The number of rotatable bonds is 16. The summed E-state index contributed by atoms with van der Waals surface area (Å²) >= 11 is 0.0896.